The minimum Gasteiger partial charge on any atom is -0.328 e. The fourth-order valence-electron chi connectivity index (χ4n) is 0.619. The van der Waals surface area contributed by atoms with Crippen LogP contribution >= 0.6 is 0 Å². The molecule has 0 spiro atoms. The lowest BCUT2D eigenvalue weighted by molar-refractivity contribution is 0.517. The SMILES string of the molecule is C[C@@H](N)CCn1cnnn1. The molecule has 10 heavy (non-hydrogen) atoms. The minimum absolute atomic E-state index is 0.212. The maximum Gasteiger partial charge on any atom is 0.138 e. The Morgan fingerprint density at radius 1 is 1.70 bits per heavy atom. The van der Waals surface area contributed by atoms with Crippen LogP contribution < -0.4 is 5.73 Å². The number of hydrogen-bond acceptors (Lipinski definition) is 4. The zero-order valence-corrected chi connectivity index (χ0v) is 5.94. The molecule has 0 saturated carbocycles. The quantitative estimate of drug-likeness (QED) is 0.610. The van der Waals surface area contributed by atoms with Gasteiger partial charge in [0.2, 0.25) is 0 Å². The van der Waals surface area contributed by atoms with Crippen LogP contribution in [0.1, 0.15) is 13.3 Å². The van der Waals surface area contributed by atoms with Gasteiger partial charge in [0, 0.05) is 12.6 Å². The van der Waals surface area contributed by atoms with E-state index in [1.807, 2.05) is 6.92 Å². The van der Waals surface area contributed by atoms with Crippen molar-refractivity contribution in [3.05, 3.63) is 6.33 Å². The van der Waals surface area contributed by atoms with Crippen molar-refractivity contribution < 1.29 is 0 Å². The zero-order chi connectivity index (χ0) is 7.40. The minimum atomic E-state index is 0.212. The summed E-state index contributed by atoms with van der Waals surface area (Å²) in [5.41, 5.74) is 5.53. The molecule has 1 heterocycles. The van der Waals surface area contributed by atoms with Gasteiger partial charge in [0.15, 0.2) is 0 Å². The number of hydrogen-bond donors (Lipinski definition) is 1. The van der Waals surface area contributed by atoms with Crippen molar-refractivity contribution >= 4 is 0 Å². The van der Waals surface area contributed by atoms with Gasteiger partial charge in [0.1, 0.15) is 6.33 Å². The van der Waals surface area contributed by atoms with Crippen molar-refractivity contribution in [3.63, 3.8) is 0 Å². The predicted octanol–water partition coefficient (Wildman–Crippen LogP) is -0.590. The van der Waals surface area contributed by atoms with Crippen LogP contribution in [0.25, 0.3) is 0 Å². The number of aryl methyl sites for hydroxylation is 1. The molecule has 1 aromatic heterocycles. The maximum atomic E-state index is 5.53. The molecule has 0 aliphatic carbocycles. The summed E-state index contributed by atoms with van der Waals surface area (Å²) in [7, 11) is 0. The standard InChI is InChI=1S/C5H11N5/c1-5(6)2-3-10-4-7-8-9-10/h4-5H,2-3,6H2,1H3/t5-/m1/s1. The van der Waals surface area contributed by atoms with Gasteiger partial charge in [0.25, 0.3) is 0 Å². The lowest BCUT2D eigenvalue weighted by Crippen LogP contribution is -2.17. The van der Waals surface area contributed by atoms with Crippen molar-refractivity contribution in [2.75, 3.05) is 0 Å². The van der Waals surface area contributed by atoms with Crippen molar-refractivity contribution in [2.24, 2.45) is 5.73 Å². The second-order valence-corrected chi connectivity index (χ2v) is 2.34. The van der Waals surface area contributed by atoms with E-state index in [-0.39, 0.29) is 6.04 Å². The van der Waals surface area contributed by atoms with Crippen LogP contribution in [0.5, 0.6) is 0 Å². The van der Waals surface area contributed by atoms with Gasteiger partial charge in [-0.1, -0.05) is 0 Å². The largest absolute Gasteiger partial charge is 0.328 e. The van der Waals surface area contributed by atoms with Crippen molar-refractivity contribution in [1.82, 2.24) is 20.2 Å². The second kappa shape index (κ2) is 3.26. The molecule has 0 amide bonds. The second-order valence-electron chi connectivity index (χ2n) is 2.34. The fraction of sp³-hybridized carbons (Fsp3) is 0.800. The molecule has 2 N–H and O–H groups in total. The Morgan fingerprint density at radius 3 is 3.00 bits per heavy atom. The van der Waals surface area contributed by atoms with Crippen LogP contribution in [-0.4, -0.2) is 26.2 Å². The number of aromatic nitrogens is 4. The van der Waals surface area contributed by atoms with Crippen LogP contribution in [0.15, 0.2) is 6.33 Å². The highest BCUT2D eigenvalue weighted by atomic mass is 15.5. The first-order chi connectivity index (χ1) is 4.79. The highest BCUT2D eigenvalue weighted by Crippen LogP contribution is 1.88. The van der Waals surface area contributed by atoms with E-state index in [1.165, 1.54) is 0 Å². The highest BCUT2D eigenvalue weighted by molar-refractivity contribution is 4.54. The number of nitrogens with zero attached hydrogens (tertiary/aromatic N) is 4. The summed E-state index contributed by atoms with van der Waals surface area (Å²) in [6.45, 7) is 2.76. The van der Waals surface area contributed by atoms with E-state index < -0.39 is 0 Å². The van der Waals surface area contributed by atoms with Gasteiger partial charge in [-0.05, 0) is 23.8 Å². The molecule has 1 atom stereocenters. The van der Waals surface area contributed by atoms with Gasteiger partial charge in [-0.25, -0.2) is 4.68 Å². The van der Waals surface area contributed by atoms with Gasteiger partial charge in [-0.2, -0.15) is 0 Å². The van der Waals surface area contributed by atoms with Gasteiger partial charge in [-0.3, -0.25) is 0 Å². The van der Waals surface area contributed by atoms with E-state index >= 15 is 0 Å². The molecular formula is C5H11N5. The van der Waals surface area contributed by atoms with Crippen LogP contribution in [0, 0.1) is 0 Å². The van der Waals surface area contributed by atoms with E-state index in [9.17, 15) is 0 Å². The van der Waals surface area contributed by atoms with Crippen LogP contribution in [-0.2, 0) is 6.54 Å². The van der Waals surface area contributed by atoms with E-state index in [4.69, 9.17) is 5.73 Å². The smallest absolute Gasteiger partial charge is 0.138 e. The lowest BCUT2D eigenvalue weighted by atomic mass is 10.2. The summed E-state index contributed by atoms with van der Waals surface area (Å²) in [5.74, 6) is 0. The molecule has 0 bridgehead atoms. The topological polar surface area (TPSA) is 69.6 Å². The first-order valence-electron chi connectivity index (χ1n) is 3.25. The molecule has 0 saturated heterocycles. The monoisotopic (exact) mass is 141 g/mol. The third-order valence-corrected chi connectivity index (χ3v) is 1.20. The summed E-state index contributed by atoms with van der Waals surface area (Å²) < 4.78 is 1.67. The van der Waals surface area contributed by atoms with Gasteiger partial charge in [0.05, 0.1) is 0 Å². The molecule has 5 heteroatoms. The maximum absolute atomic E-state index is 5.53. The third kappa shape index (κ3) is 2.10. The van der Waals surface area contributed by atoms with E-state index in [0.717, 1.165) is 13.0 Å². The first kappa shape index (κ1) is 7.14. The lowest BCUT2D eigenvalue weighted by Gasteiger charge is -2.01. The predicted molar refractivity (Wildman–Crippen MR) is 36.1 cm³/mol. The number of rotatable bonds is 3. The fourth-order valence-corrected chi connectivity index (χ4v) is 0.619. The Kier molecular flexibility index (Phi) is 2.33. The summed E-state index contributed by atoms with van der Waals surface area (Å²) >= 11 is 0. The normalized spacial score (nSPS) is 13.4. The average molecular weight is 141 g/mol. The Morgan fingerprint density at radius 2 is 2.50 bits per heavy atom. The average Bonchev–Trinajstić information content (AvgIpc) is 2.34. The zero-order valence-electron chi connectivity index (χ0n) is 5.94. The molecular weight excluding hydrogens is 130 g/mol. The molecule has 0 unspecified atom stereocenters. The summed E-state index contributed by atoms with van der Waals surface area (Å²) in [4.78, 5) is 0. The van der Waals surface area contributed by atoms with Crippen LogP contribution in [0.4, 0.5) is 0 Å². The molecule has 0 radical (unpaired) electrons. The summed E-state index contributed by atoms with van der Waals surface area (Å²) in [6, 6.07) is 0.212. The van der Waals surface area contributed by atoms with Crippen molar-refractivity contribution in [2.45, 2.75) is 25.9 Å². The van der Waals surface area contributed by atoms with E-state index in [1.54, 1.807) is 11.0 Å². The van der Waals surface area contributed by atoms with Gasteiger partial charge >= 0.3 is 0 Å². The van der Waals surface area contributed by atoms with E-state index in [2.05, 4.69) is 15.5 Å². The molecule has 5 nitrogen and oxygen atoms in total. The van der Waals surface area contributed by atoms with E-state index in [0.29, 0.717) is 0 Å². The first-order valence-corrected chi connectivity index (χ1v) is 3.25. The Labute approximate surface area is 59.2 Å². The molecule has 0 aliphatic rings. The molecule has 56 valence electrons. The summed E-state index contributed by atoms with van der Waals surface area (Å²) in [5, 5.41) is 10.7. The number of tetrazole rings is 1. The molecule has 0 aromatic carbocycles. The van der Waals surface area contributed by atoms with Crippen molar-refractivity contribution in [1.29, 1.82) is 0 Å². The number of nitrogens with two attached hydrogens (primary N) is 1. The van der Waals surface area contributed by atoms with Crippen LogP contribution in [0.3, 0.4) is 0 Å². The molecule has 0 aliphatic heterocycles. The molecule has 1 aromatic rings. The van der Waals surface area contributed by atoms with Crippen molar-refractivity contribution in [3.8, 4) is 0 Å². The van der Waals surface area contributed by atoms with Gasteiger partial charge < -0.3 is 5.73 Å². The van der Waals surface area contributed by atoms with Gasteiger partial charge in [-0.15, -0.1) is 5.10 Å². The Hall–Kier alpha value is -0.970. The third-order valence-electron chi connectivity index (χ3n) is 1.20. The summed E-state index contributed by atoms with van der Waals surface area (Å²) in [6.07, 6.45) is 2.49. The van der Waals surface area contributed by atoms with Crippen LogP contribution in [0.2, 0.25) is 0 Å². The molecule has 0 fully saturated rings. The highest BCUT2D eigenvalue weighted by Gasteiger charge is 1.95. The Balaban J connectivity index is 2.28. The molecule has 1 rings (SSSR count). The Bertz CT molecular complexity index is 168.